The molecule has 0 saturated carbocycles. The van der Waals surface area contributed by atoms with Crippen molar-refractivity contribution in [3.63, 3.8) is 0 Å². The van der Waals surface area contributed by atoms with Gasteiger partial charge in [0.1, 0.15) is 6.54 Å². The van der Waals surface area contributed by atoms with Crippen LogP contribution in [0.15, 0.2) is 21.1 Å². The highest BCUT2D eigenvalue weighted by atomic mass is 79.9. The van der Waals surface area contributed by atoms with E-state index in [0.29, 0.717) is 4.47 Å². The molecule has 0 aliphatic heterocycles. The average molecular weight is 309 g/mol. The van der Waals surface area contributed by atoms with Crippen molar-refractivity contribution in [2.24, 2.45) is 0 Å². The van der Waals surface area contributed by atoms with E-state index in [0.717, 1.165) is 23.1 Å². The summed E-state index contributed by atoms with van der Waals surface area (Å²) in [4.78, 5) is 0. The normalized spacial score (nSPS) is 10.4. The molecule has 0 radical (unpaired) electrons. The second-order valence-corrected chi connectivity index (χ2v) is 4.55. The highest BCUT2D eigenvalue weighted by molar-refractivity contribution is 9.11. The standard InChI is InChI=1S/C9H11Br2NO/c1-2-12-5-6-3-7(10)4-8(11)9(6)13/h3-4,12-13H,2,5H2,1H3. The number of halogens is 2. The van der Waals surface area contributed by atoms with Gasteiger partial charge in [0, 0.05) is 14.5 Å². The number of nitrogens with two attached hydrogens (primary N) is 1. The molecule has 0 atom stereocenters. The number of benzene rings is 1. The first-order valence-corrected chi connectivity index (χ1v) is 5.70. The fraction of sp³-hybridized carbons (Fsp3) is 0.333. The first-order valence-electron chi connectivity index (χ1n) is 4.11. The van der Waals surface area contributed by atoms with Crippen LogP contribution in [0.2, 0.25) is 0 Å². The van der Waals surface area contributed by atoms with E-state index in [1.165, 1.54) is 0 Å². The Balaban J connectivity index is 2.92. The first-order chi connectivity index (χ1) is 6.15. The minimum Gasteiger partial charge on any atom is -0.871 e. The van der Waals surface area contributed by atoms with Gasteiger partial charge in [-0.05, 0) is 19.1 Å². The summed E-state index contributed by atoms with van der Waals surface area (Å²) in [6.07, 6.45) is 0. The van der Waals surface area contributed by atoms with Crippen molar-refractivity contribution in [2.45, 2.75) is 13.5 Å². The van der Waals surface area contributed by atoms with Gasteiger partial charge in [-0.15, -0.1) is 0 Å². The maximum atomic E-state index is 11.5. The molecule has 4 heteroatoms. The quantitative estimate of drug-likeness (QED) is 0.900. The second kappa shape index (κ2) is 4.98. The van der Waals surface area contributed by atoms with Crippen LogP contribution in [0.5, 0.6) is 5.75 Å². The third kappa shape index (κ3) is 2.97. The molecule has 0 fully saturated rings. The van der Waals surface area contributed by atoms with Crippen molar-refractivity contribution in [3.8, 4) is 5.75 Å². The molecular weight excluding hydrogens is 298 g/mol. The number of hydrogen-bond acceptors (Lipinski definition) is 1. The summed E-state index contributed by atoms with van der Waals surface area (Å²) in [6, 6.07) is 3.65. The molecule has 0 aliphatic carbocycles. The first kappa shape index (κ1) is 11.0. The zero-order valence-electron chi connectivity index (χ0n) is 7.31. The summed E-state index contributed by atoms with van der Waals surface area (Å²) in [5, 5.41) is 13.6. The van der Waals surface area contributed by atoms with E-state index < -0.39 is 0 Å². The third-order valence-corrected chi connectivity index (χ3v) is 2.79. The van der Waals surface area contributed by atoms with Gasteiger partial charge in [0.05, 0.1) is 6.54 Å². The topological polar surface area (TPSA) is 39.7 Å². The summed E-state index contributed by atoms with van der Waals surface area (Å²) in [7, 11) is 0. The van der Waals surface area contributed by atoms with Gasteiger partial charge >= 0.3 is 0 Å². The lowest BCUT2D eigenvalue weighted by atomic mass is 10.2. The largest absolute Gasteiger partial charge is 0.871 e. The maximum absolute atomic E-state index is 11.5. The van der Waals surface area contributed by atoms with E-state index in [2.05, 4.69) is 44.1 Å². The zero-order chi connectivity index (χ0) is 9.84. The SMILES string of the molecule is CC[NH2+]Cc1cc(Br)cc(Br)c1[O-]. The number of quaternary nitrogens is 1. The predicted octanol–water partition coefficient (Wildman–Crippen LogP) is 1.37. The third-order valence-electron chi connectivity index (χ3n) is 1.74. The summed E-state index contributed by atoms with van der Waals surface area (Å²) < 4.78 is 1.57. The van der Waals surface area contributed by atoms with Crippen LogP contribution in [0.3, 0.4) is 0 Å². The summed E-state index contributed by atoms with van der Waals surface area (Å²) in [5.41, 5.74) is 0.836. The van der Waals surface area contributed by atoms with E-state index in [1.54, 1.807) is 6.07 Å². The van der Waals surface area contributed by atoms with Crippen LogP contribution in [-0.2, 0) is 6.54 Å². The Morgan fingerprint density at radius 2 is 2.08 bits per heavy atom. The van der Waals surface area contributed by atoms with Crippen molar-refractivity contribution >= 4 is 31.9 Å². The molecule has 0 amide bonds. The van der Waals surface area contributed by atoms with Gasteiger partial charge in [0.2, 0.25) is 0 Å². The highest BCUT2D eigenvalue weighted by Gasteiger charge is 2.01. The molecule has 0 saturated heterocycles. The Labute approximate surface area is 94.6 Å². The van der Waals surface area contributed by atoms with E-state index in [4.69, 9.17) is 0 Å². The summed E-state index contributed by atoms with van der Waals surface area (Å²) in [6.45, 7) is 3.80. The Kier molecular flexibility index (Phi) is 4.22. The molecule has 72 valence electrons. The lowest BCUT2D eigenvalue weighted by molar-refractivity contribution is -0.668. The molecule has 0 bridgehead atoms. The smallest absolute Gasteiger partial charge is 0.101 e. The van der Waals surface area contributed by atoms with Crippen LogP contribution in [0.25, 0.3) is 0 Å². The average Bonchev–Trinajstić information content (AvgIpc) is 2.09. The molecule has 0 aliphatic rings. The maximum Gasteiger partial charge on any atom is 0.101 e. The van der Waals surface area contributed by atoms with Crippen molar-refractivity contribution in [1.29, 1.82) is 0 Å². The number of hydrogen-bond donors (Lipinski definition) is 1. The summed E-state index contributed by atoms with van der Waals surface area (Å²) >= 11 is 6.59. The van der Waals surface area contributed by atoms with Gasteiger partial charge in [-0.1, -0.05) is 37.6 Å². The van der Waals surface area contributed by atoms with Crippen LogP contribution in [0.4, 0.5) is 0 Å². The van der Waals surface area contributed by atoms with Crippen LogP contribution >= 0.6 is 31.9 Å². The fourth-order valence-electron chi connectivity index (χ4n) is 1.07. The van der Waals surface area contributed by atoms with E-state index in [1.807, 2.05) is 6.07 Å². The molecule has 1 rings (SSSR count). The van der Waals surface area contributed by atoms with Crippen LogP contribution in [-0.4, -0.2) is 6.54 Å². The molecule has 0 spiro atoms. The lowest BCUT2D eigenvalue weighted by Crippen LogP contribution is -2.81. The Hall–Kier alpha value is -0.0600. The molecule has 1 aromatic rings. The lowest BCUT2D eigenvalue weighted by Gasteiger charge is -2.14. The van der Waals surface area contributed by atoms with Crippen LogP contribution < -0.4 is 10.4 Å². The minimum atomic E-state index is 0.0906. The zero-order valence-corrected chi connectivity index (χ0v) is 10.5. The molecule has 2 nitrogen and oxygen atoms in total. The molecule has 2 N–H and O–H groups in total. The van der Waals surface area contributed by atoms with Crippen molar-refractivity contribution in [1.82, 2.24) is 0 Å². The molecule has 13 heavy (non-hydrogen) atoms. The predicted molar refractivity (Wildman–Crippen MR) is 57.5 cm³/mol. The van der Waals surface area contributed by atoms with E-state index >= 15 is 0 Å². The van der Waals surface area contributed by atoms with E-state index in [9.17, 15) is 5.11 Å². The van der Waals surface area contributed by atoms with Gasteiger partial charge in [-0.2, -0.15) is 0 Å². The van der Waals surface area contributed by atoms with Crippen LogP contribution in [0.1, 0.15) is 12.5 Å². The fourth-order valence-corrected chi connectivity index (χ4v) is 2.38. The highest BCUT2D eigenvalue weighted by Crippen LogP contribution is 2.28. The Morgan fingerprint density at radius 3 is 2.69 bits per heavy atom. The minimum absolute atomic E-state index is 0.0906. The van der Waals surface area contributed by atoms with E-state index in [-0.39, 0.29) is 5.75 Å². The molecule has 0 heterocycles. The monoisotopic (exact) mass is 307 g/mol. The van der Waals surface area contributed by atoms with Gasteiger partial charge < -0.3 is 10.4 Å². The molecule has 0 aromatic heterocycles. The van der Waals surface area contributed by atoms with Gasteiger partial charge in [0.25, 0.3) is 0 Å². The number of rotatable bonds is 3. The molecular formula is C9H11Br2NO. The van der Waals surface area contributed by atoms with Crippen molar-refractivity contribution in [3.05, 3.63) is 26.6 Å². The van der Waals surface area contributed by atoms with Gasteiger partial charge in [-0.3, -0.25) is 0 Å². The second-order valence-electron chi connectivity index (χ2n) is 2.78. The Bertz CT molecular complexity index is 302. The molecule has 0 unspecified atom stereocenters. The Morgan fingerprint density at radius 1 is 1.38 bits per heavy atom. The summed E-state index contributed by atoms with van der Waals surface area (Å²) in [5.74, 6) is 0.0906. The van der Waals surface area contributed by atoms with Crippen molar-refractivity contribution < 1.29 is 10.4 Å². The van der Waals surface area contributed by atoms with Gasteiger partial charge in [-0.25, -0.2) is 0 Å². The van der Waals surface area contributed by atoms with Crippen molar-refractivity contribution in [2.75, 3.05) is 6.54 Å². The molecule has 1 aromatic carbocycles. The van der Waals surface area contributed by atoms with Gasteiger partial charge in [0.15, 0.2) is 0 Å². The van der Waals surface area contributed by atoms with Crippen LogP contribution in [0, 0.1) is 0 Å².